The predicted octanol–water partition coefficient (Wildman–Crippen LogP) is 1.59. The van der Waals surface area contributed by atoms with Crippen LogP contribution in [0.4, 0.5) is 0 Å². The molecule has 21 heavy (non-hydrogen) atoms. The van der Waals surface area contributed by atoms with Gasteiger partial charge in [-0.25, -0.2) is 4.79 Å². The Morgan fingerprint density at radius 2 is 2.00 bits per heavy atom. The van der Waals surface area contributed by atoms with Gasteiger partial charge in [-0.1, -0.05) is 18.2 Å². The van der Waals surface area contributed by atoms with Crippen LogP contribution in [0.25, 0.3) is 0 Å². The number of rotatable bonds is 4. The molecule has 0 aliphatic carbocycles. The first kappa shape index (κ1) is 14.8. The number of carboxylic acid groups (broad SMARTS) is 1. The van der Waals surface area contributed by atoms with Gasteiger partial charge in [0.1, 0.15) is 5.69 Å². The first-order chi connectivity index (χ1) is 9.91. The van der Waals surface area contributed by atoms with Gasteiger partial charge in [-0.2, -0.15) is 5.10 Å². The van der Waals surface area contributed by atoms with Crippen molar-refractivity contribution in [2.24, 2.45) is 7.05 Å². The number of nitrogens with zero attached hydrogens (tertiary/aromatic N) is 2. The summed E-state index contributed by atoms with van der Waals surface area (Å²) in [6, 6.07) is 5.85. The van der Waals surface area contributed by atoms with Crippen LogP contribution in [-0.2, 0) is 11.8 Å². The summed E-state index contributed by atoms with van der Waals surface area (Å²) in [4.78, 5) is 23.7. The molecule has 1 atom stereocenters. The Kier molecular flexibility index (Phi) is 4.07. The van der Waals surface area contributed by atoms with Crippen molar-refractivity contribution in [2.75, 3.05) is 0 Å². The van der Waals surface area contributed by atoms with Crippen LogP contribution in [0.15, 0.2) is 30.5 Å². The number of hydrogen-bond donors (Lipinski definition) is 2. The Balaban J connectivity index is 2.33. The van der Waals surface area contributed by atoms with Gasteiger partial charge in [0, 0.05) is 13.2 Å². The fourth-order valence-corrected chi connectivity index (χ4v) is 2.16. The van der Waals surface area contributed by atoms with Crippen molar-refractivity contribution < 1.29 is 14.7 Å². The smallest absolute Gasteiger partial charge is 0.330 e. The molecule has 0 radical (unpaired) electrons. The van der Waals surface area contributed by atoms with Gasteiger partial charge in [0.2, 0.25) is 0 Å². The maximum absolute atomic E-state index is 12.2. The maximum Gasteiger partial charge on any atom is 0.330 e. The van der Waals surface area contributed by atoms with Gasteiger partial charge < -0.3 is 10.4 Å². The largest absolute Gasteiger partial charge is 0.479 e. The average Bonchev–Trinajstić information content (AvgIpc) is 2.85. The molecule has 1 heterocycles. The van der Waals surface area contributed by atoms with E-state index in [0.29, 0.717) is 11.3 Å². The van der Waals surface area contributed by atoms with E-state index >= 15 is 0 Å². The minimum atomic E-state index is -1.10. The molecular formula is C15H17N3O3. The molecule has 0 saturated carbocycles. The molecule has 6 nitrogen and oxygen atoms in total. The third-order valence-electron chi connectivity index (χ3n) is 3.53. The van der Waals surface area contributed by atoms with E-state index in [4.69, 9.17) is 0 Å². The molecule has 0 unspecified atom stereocenters. The number of aliphatic carboxylic acids is 1. The highest BCUT2D eigenvalue weighted by molar-refractivity contribution is 5.95. The van der Waals surface area contributed by atoms with E-state index in [1.54, 1.807) is 19.2 Å². The molecule has 0 aliphatic rings. The third-order valence-corrected chi connectivity index (χ3v) is 3.53. The quantitative estimate of drug-likeness (QED) is 0.894. The lowest BCUT2D eigenvalue weighted by atomic mass is 9.97. The van der Waals surface area contributed by atoms with Gasteiger partial charge in [0.25, 0.3) is 5.91 Å². The van der Waals surface area contributed by atoms with E-state index in [-0.39, 0.29) is 0 Å². The third kappa shape index (κ3) is 2.94. The van der Waals surface area contributed by atoms with Crippen molar-refractivity contribution in [3.63, 3.8) is 0 Å². The van der Waals surface area contributed by atoms with Gasteiger partial charge in [-0.05, 0) is 36.6 Å². The minimum absolute atomic E-state index is 0.312. The average molecular weight is 287 g/mol. The van der Waals surface area contributed by atoms with Crippen molar-refractivity contribution >= 4 is 11.9 Å². The molecule has 2 N–H and O–H groups in total. The Labute approximate surface area is 122 Å². The molecule has 6 heteroatoms. The lowest BCUT2D eigenvalue weighted by Crippen LogP contribution is -2.35. The topological polar surface area (TPSA) is 84.2 Å². The lowest BCUT2D eigenvalue weighted by Gasteiger charge is -2.18. The fraction of sp³-hybridized carbons (Fsp3) is 0.267. The minimum Gasteiger partial charge on any atom is -0.479 e. The number of carbonyl (C=O) groups excluding carboxylic acids is 1. The zero-order valence-electron chi connectivity index (χ0n) is 12.1. The first-order valence-corrected chi connectivity index (χ1v) is 6.49. The molecule has 110 valence electrons. The van der Waals surface area contributed by atoms with E-state index < -0.39 is 17.9 Å². The molecule has 0 bridgehead atoms. The number of hydrogen-bond acceptors (Lipinski definition) is 3. The summed E-state index contributed by atoms with van der Waals surface area (Å²) in [5.74, 6) is -1.57. The maximum atomic E-state index is 12.2. The standard InChI is InChI=1S/C15H17N3O3/c1-9-5-4-6-11(10(9)2)13(15(20)21)17-14(19)12-7-8-16-18(12)3/h4-8,13H,1-3H3,(H,17,19)(H,20,21)/t13-/m0/s1. The van der Waals surface area contributed by atoms with E-state index in [0.717, 1.165) is 11.1 Å². The monoisotopic (exact) mass is 287 g/mol. The first-order valence-electron chi connectivity index (χ1n) is 6.49. The number of carboxylic acids is 1. The number of carbonyl (C=O) groups is 2. The molecule has 0 spiro atoms. The van der Waals surface area contributed by atoms with E-state index in [9.17, 15) is 14.7 Å². The van der Waals surface area contributed by atoms with Crippen LogP contribution in [0, 0.1) is 13.8 Å². The highest BCUT2D eigenvalue weighted by Crippen LogP contribution is 2.21. The van der Waals surface area contributed by atoms with E-state index in [1.807, 2.05) is 19.9 Å². The van der Waals surface area contributed by atoms with Gasteiger partial charge in [0.05, 0.1) is 0 Å². The predicted molar refractivity (Wildman–Crippen MR) is 77.0 cm³/mol. The van der Waals surface area contributed by atoms with Crippen LogP contribution in [-0.4, -0.2) is 26.8 Å². The lowest BCUT2D eigenvalue weighted by molar-refractivity contribution is -0.139. The molecule has 0 aliphatic heterocycles. The highest BCUT2D eigenvalue weighted by Gasteiger charge is 2.25. The van der Waals surface area contributed by atoms with Crippen molar-refractivity contribution in [3.05, 3.63) is 52.8 Å². The summed E-state index contributed by atoms with van der Waals surface area (Å²) in [5, 5.41) is 15.9. The highest BCUT2D eigenvalue weighted by atomic mass is 16.4. The molecule has 0 fully saturated rings. The van der Waals surface area contributed by atoms with Crippen LogP contribution in [0.3, 0.4) is 0 Å². The number of aryl methyl sites for hydroxylation is 2. The van der Waals surface area contributed by atoms with Gasteiger partial charge in [-0.3, -0.25) is 9.48 Å². The second-order valence-corrected chi connectivity index (χ2v) is 4.87. The van der Waals surface area contributed by atoms with Gasteiger partial charge in [-0.15, -0.1) is 0 Å². The summed E-state index contributed by atoms with van der Waals surface area (Å²) in [6.07, 6.45) is 1.49. The zero-order chi connectivity index (χ0) is 15.6. The Bertz CT molecular complexity index is 691. The molecular weight excluding hydrogens is 270 g/mol. The van der Waals surface area contributed by atoms with E-state index in [1.165, 1.54) is 16.9 Å². The van der Waals surface area contributed by atoms with Crippen molar-refractivity contribution in [1.29, 1.82) is 0 Å². The summed E-state index contributed by atoms with van der Waals surface area (Å²) in [7, 11) is 1.63. The normalized spacial score (nSPS) is 12.0. The van der Waals surface area contributed by atoms with E-state index in [2.05, 4.69) is 10.4 Å². The Morgan fingerprint density at radius 3 is 2.57 bits per heavy atom. The molecule has 1 amide bonds. The number of aromatic nitrogens is 2. The summed E-state index contributed by atoms with van der Waals surface area (Å²) >= 11 is 0. The molecule has 0 saturated heterocycles. The second kappa shape index (κ2) is 5.78. The number of amides is 1. The molecule has 1 aromatic heterocycles. The van der Waals surface area contributed by atoms with Gasteiger partial charge >= 0.3 is 5.97 Å². The molecule has 1 aromatic carbocycles. The van der Waals surface area contributed by atoms with Crippen LogP contribution in [0.1, 0.15) is 33.2 Å². The Hall–Kier alpha value is -2.63. The zero-order valence-corrected chi connectivity index (χ0v) is 12.1. The fourth-order valence-electron chi connectivity index (χ4n) is 2.16. The van der Waals surface area contributed by atoms with Crippen LogP contribution < -0.4 is 5.32 Å². The van der Waals surface area contributed by atoms with Gasteiger partial charge in [0.15, 0.2) is 6.04 Å². The Morgan fingerprint density at radius 1 is 1.29 bits per heavy atom. The van der Waals surface area contributed by atoms with Crippen LogP contribution in [0.5, 0.6) is 0 Å². The number of benzene rings is 1. The SMILES string of the molecule is Cc1cccc([C@H](NC(=O)c2ccnn2C)C(=O)O)c1C. The summed E-state index contributed by atoms with van der Waals surface area (Å²) < 4.78 is 1.40. The summed E-state index contributed by atoms with van der Waals surface area (Å²) in [6.45, 7) is 3.75. The van der Waals surface area contributed by atoms with Crippen molar-refractivity contribution in [3.8, 4) is 0 Å². The van der Waals surface area contributed by atoms with Crippen LogP contribution in [0.2, 0.25) is 0 Å². The molecule has 2 rings (SSSR count). The van der Waals surface area contributed by atoms with Crippen LogP contribution >= 0.6 is 0 Å². The van der Waals surface area contributed by atoms with Crippen molar-refractivity contribution in [1.82, 2.24) is 15.1 Å². The number of nitrogens with one attached hydrogen (secondary N) is 1. The summed E-state index contributed by atoms with van der Waals surface area (Å²) in [5.41, 5.74) is 2.73. The second-order valence-electron chi connectivity index (χ2n) is 4.87. The molecule has 2 aromatic rings. The van der Waals surface area contributed by atoms with Crippen molar-refractivity contribution in [2.45, 2.75) is 19.9 Å².